The second-order valence-electron chi connectivity index (χ2n) is 4.51. The van der Waals surface area contributed by atoms with Gasteiger partial charge >= 0.3 is 0 Å². The standard InChI is InChI=1S/C13H15F2NO2/c1-8-6-7-10(14)11(12(8)15)13(17)16-18-9-4-2-3-5-9/h6-7,9H,2-5H2,1H3,(H,16,17). The molecule has 1 amide bonds. The third-order valence-corrected chi connectivity index (χ3v) is 3.13. The zero-order chi connectivity index (χ0) is 13.1. The summed E-state index contributed by atoms with van der Waals surface area (Å²) in [6.45, 7) is 1.48. The zero-order valence-electron chi connectivity index (χ0n) is 10.1. The molecule has 0 bridgehead atoms. The summed E-state index contributed by atoms with van der Waals surface area (Å²) in [4.78, 5) is 16.8. The molecule has 0 unspecified atom stereocenters. The molecular formula is C13H15F2NO2. The van der Waals surface area contributed by atoms with Gasteiger partial charge in [-0.05, 0) is 31.4 Å². The first kappa shape index (κ1) is 13.0. The van der Waals surface area contributed by atoms with Crippen molar-refractivity contribution >= 4 is 5.91 Å². The highest BCUT2D eigenvalue weighted by atomic mass is 19.1. The van der Waals surface area contributed by atoms with Crippen LogP contribution in [0.25, 0.3) is 0 Å². The number of nitrogens with one attached hydrogen (secondary N) is 1. The number of rotatable bonds is 3. The van der Waals surface area contributed by atoms with Crippen molar-refractivity contribution in [3.05, 3.63) is 34.9 Å². The third-order valence-electron chi connectivity index (χ3n) is 3.13. The Kier molecular flexibility index (Phi) is 3.91. The summed E-state index contributed by atoms with van der Waals surface area (Å²) in [7, 11) is 0. The van der Waals surface area contributed by atoms with E-state index in [1.807, 2.05) is 0 Å². The lowest BCUT2D eigenvalue weighted by molar-refractivity contribution is -0.0129. The van der Waals surface area contributed by atoms with E-state index in [1.165, 1.54) is 13.0 Å². The van der Waals surface area contributed by atoms with Crippen molar-refractivity contribution in [2.24, 2.45) is 0 Å². The molecule has 1 aliphatic carbocycles. The number of aryl methyl sites for hydroxylation is 1. The molecule has 1 fully saturated rings. The van der Waals surface area contributed by atoms with Gasteiger partial charge in [-0.15, -0.1) is 0 Å². The van der Waals surface area contributed by atoms with E-state index in [0.717, 1.165) is 31.7 Å². The lowest BCUT2D eigenvalue weighted by Crippen LogP contribution is -2.30. The van der Waals surface area contributed by atoms with Crippen molar-refractivity contribution in [3.63, 3.8) is 0 Å². The van der Waals surface area contributed by atoms with Crippen LogP contribution < -0.4 is 5.48 Å². The van der Waals surface area contributed by atoms with E-state index in [-0.39, 0.29) is 11.7 Å². The first-order valence-corrected chi connectivity index (χ1v) is 6.00. The van der Waals surface area contributed by atoms with Gasteiger partial charge in [0.15, 0.2) is 0 Å². The van der Waals surface area contributed by atoms with Crippen LogP contribution in [0.5, 0.6) is 0 Å². The molecule has 0 aliphatic heterocycles. The molecule has 0 radical (unpaired) electrons. The lowest BCUT2D eigenvalue weighted by Gasteiger charge is -2.12. The number of amides is 1. The van der Waals surface area contributed by atoms with Gasteiger partial charge in [0.25, 0.3) is 5.91 Å². The molecule has 1 saturated carbocycles. The lowest BCUT2D eigenvalue weighted by atomic mass is 10.1. The molecule has 1 N–H and O–H groups in total. The Balaban J connectivity index is 2.06. The fourth-order valence-electron chi connectivity index (χ4n) is 2.06. The molecule has 0 saturated heterocycles. The maximum absolute atomic E-state index is 13.7. The second kappa shape index (κ2) is 5.44. The van der Waals surface area contributed by atoms with Crippen LogP contribution in [0.15, 0.2) is 12.1 Å². The predicted molar refractivity (Wildman–Crippen MR) is 61.9 cm³/mol. The van der Waals surface area contributed by atoms with E-state index in [2.05, 4.69) is 5.48 Å². The molecule has 0 atom stereocenters. The Bertz CT molecular complexity index is 457. The summed E-state index contributed by atoms with van der Waals surface area (Å²) in [6.07, 6.45) is 3.77. The Morgan fingerprint density at radius 3 is 2.67 bits per heavy atom. The third kappa shape index (κ3) is 2.67. The second-order valence-corrected chi connectivity index (χ2v) is 4.51. The number of benzene rings is 1. The van der Waals surface area contributed by atoms with Crippen LogP contribution in [0, 0.1) is 18.6 Å². The largest absolute Gasteiger partial charge is 0.280 e. The van der Waals surface area contributed by atoms with Crippen LogP contribution in [0.3, 0.4) is 0 Å². The molecule has 0 spiro atoms. The monoisotopic (exact) mass is 255 g/mol. The van der Waals surface area contributed by atoms with Crippen LogP contribution >= 0.6 is 0 Å². The number of hydroxylamine groups is 1. The summed E-state index contributed by atoms with van der Waals surface area (Å²) in [5.74, 6) is -2.60. The fraction of sp³-hybridized carbons (Fsp3) is 0.462. The van der Waals surface area contributed by atoms with Gasteiger partial charge in [-0.3, -0.25) is 9.63 Å². The smallest absolute Gasteiger partial charge is 0.270 e. The number of halogens is 2. The molecule has 2 rings (SSSR count). The Labute approximate surface area is 104 Å². The minimum Gasteiger partial charge on any atom is -0.270 e. The van der Waals surface area contributed by atoms with Gasteiger partial charge in [0.1, 0.15) is 17.2 Å². The SMILES string of the molecule is Cc1ccc(F)c(C(=O)NOC2CCCC2)c1F. The molecular weight excluding hydrogens is 240 g/mol. The van der Waals surface area contributed by atoms with Crippen LogP contribution in [0.2, 0.25) is 0 Å². The maximum Gasteiger partial charge on any atom is 0.280 e. The highest BCUT2D eigenvalue weighted by molar-refractivity contribution is 5.94. The van der Waals surface area contributed by atoms with Gasteiger partial charge < -0.3 is 0 Å². The van der Waals surface area contributed by atoms with E-state index < -0.39 is 23.1 Å². The first-order valence-electron chi connectivity index (χ1n) is 6.00. The predicted octanol–water partition coefficient (Wildman–Crippen LogP) is 2.88. The molecule has 5 heteroatoms. The van der Waals surface area contributed by atoms with Crippen LogP contribution in [0.4, 0.5) is 8.78 Å². The van der Waals surface area contributed by atoms with Crippen LogP contribution in [-0.4, -0.2) is 12.0 Å². The highest BCUT2D eigenvalue weighted by Gasteiger charge is 2.22. The molecule has 1 aromatic rings. The van der Waals surface area contributed by atoms with Crippen LogP contribution in [-0.2, 0) is 4.84 Å². The average Bonchev–Trinajstić information content (AvgIpc) is 2.85. The number of carbonyl (C=O) groups is 1. The summed E-state index contributed by atoms with van der Waals surface area (Å²) < 4.78 is 27.1. The van der Waals surface area contributed by atoms with Crippen molar-refractivity contribution < 1.29 is 18.4 Å². The fourth-order valence-corrected chi connectivity index (χ4v) is 2.06. The number of hydrogen-bond donors (Lipinski definition) is 1. The van der Waals surface area contributed by atoms with E-state index in [4.69, 9.17) is 4.84 Å². The van der Waals surface area contributed by atoms with E-state index in [0.29, 0.717) is 0 Å². The molecule has 1 aliphatic rings. The van der Waals surface area contributed by atoms with Gasteiger partial charge in [0.05, 0.1) is 6.10 Å². The summed E-state index contributed by atoms with van der Waals surface area (Å²) in [5.41, 5.74) is 1.77. The minimum atomic E-state index is -0.884. The topological polar surface area (TPSA) is 38.3 Å². The van der Waals surface area contributed by atoms with Crippen molar-refractivity contribution in [1.82, 2.24) is 5.48 Å². The first-order chi connectivity index (χ1) is 8.59. The van der Waals surface area contributed by atoms with Gasteiger partial charge in [-0.1, -0.05) is 18.9 Å². The quantitative estimate of drug-likeness (QED) is 0.843. The Morgan fingerprint density at radius 2 is 2.00 bits per heavy atom. The normalized spacial score (nSPS) is 15.9. The number of hydrogen-bond acceptors (Lipinski definition) is 2. The molecule has 18 heavy (non-hydrogen) atoms. The molecule has 98 valence electrons. The Morgan fingerprint density at radius 1 is 1.33 bits per heavy atom. The highest BCUT2D eigenvalue weighted by Crippen LogP contribution is 2.21. The van der Waals surface area contributed by atoms with E-state index in [9.17, 15) is 13.6 Å². The summed E-state index contributed by atoms with van der Waals surface area (Å²) in [5, 5.41) is 0. The van der Waals surface area contributed by atoms with Gasteiger partial charge in [-0.25, -0.2) is 14.3 Å². The average molecular weight is 255 g/mol. The summed E-state index contributed by atoms with van der Waals surface area (Å²) >= 11 is 0. The minimum absolute atomic E-state index is 0.0510. The van der Waals surface area contributed by atoms with Crippen molar-refractivity contribution in [2.75, 3.05) is 0 Å². The zero-order valence-corrected chi connectivity index (χ0v) is 10.1. The van der Waals surface area contributed by atoms with Crippen molar-refractivity contribution in [1.29, 1.82) is 0 Å². The molecule has 0 heterocycles. The molecule has 3 nitrogen and oxygen atoms in total. The van der Waals surface area contributed by atoms with Gasteiger partial charge in [0.2, 0.25) is 0 Å². The summed E-state index contributed by atoms with van der Waals surface area (Å²) in [6, 6.07) is 2.36. The van der Waals surface area contributed by atoms with E-state index >= 15 is 0 Å². The van der Waals surface area contributed by atoms with Crippen LogP contribution in [0.1, 0.15) is 41.6 Å². The van der Waals surface area contributed by atoms with Gasteiger partial charge in [-0.2, -0.15) is 0 Å². The number of carbonyl (C=O) groups excluding carboxylic acids is 1. The molecule has 0 aromatic heterocycles. The van der Waals surface area contributed by atoms with E-state index in [1.54, 1.807) is 0 Å². The molecule has 1 aromatic carbocycles. The van der Waals surface area contributed by atoms with Crippen molar-refractivity contribution in [2.45, 2.75) is 38.7 Å². The van der Waals surface area contributed by atoms with Gasteiger partial charge in [0, 0.05) is 0 Å². The Hall–Kier alpha value is -1.49. The maximum atomic E-state index is 13.7. The van der Waals surface area contributed by atoms with Crippen molar-refractivity contribution in [3.8, 4) is 0 Å².